The highest BCUT2D eigenvalue weighted by atomic mass is 35.5. The summed E-state index contributed by atoms with van der Waals surface area (Å²) >= 11 is 0. The van der Waals surface area contributed by atoms with Crippen molar-refractivity contribution in [3.8, 4) is 0 Å². The summed E-state index contributed by atoms with van der Waals surface area (Å²) in [6.45, 7) is 2.35. The third-order valence-corrected chi connectivity index (χ3v) is 1.74. The summed E-state index contributed by atoms with van der Waals surface area (Å²) in [4.78, 5) is 15.2. The first-order valence-corrected chi connectivity index (χ1v) is 4.85. The maximum Gasteiger partial charge on any atom is 0.325 e. The van der Waals surface area contributed by atoms with Gasteiger partial charge in [0.25, 0.3) is 0 Å². The second kappa shape index (κ2) is 9.38. The summed E-state index contributed by atoms with van der Waals surface area (Å²) < 4.78 is 0. The third-order valence-electron chi connectivity index (χ3n) is 1.74. The Balaban J connectivity index is 0. The van der Waals surface area contributed by atoms with E-state index in [-0.39, 0.29) is 30.8 Å². The number of hydrogen-bond acceptors (Lipinski definition) is 3. The highest BCUT2D eigenvalue weighted by Gasteiger charge is 2.02. The molecule has 1 rings (SSSR count). The number of guanidine groups is 1. The normalized spacial score (nSPS) is 9.72. The Kier molecular flexibility index (Phi) is 9.74. The van der Waals surface area contributed by atoms with Crippen molar-refractivity contribution in [2.45, 2.75) is 6.92 Å². The Morgan fingerprint density at radius 1 is 1.28 bits per heavy atom. The zero-order valence-electron chi connectivity index (χ0n) is 9.84. The largest absolute Gasteiger partial charge is 0.399 e. The zero-order valence-corrected chi connectivity index (χ0v) is 11.5. The molecule has 0 unspecified atom stereocenters. The van der Waals surface area contributed by atoms with Gasteiger partial charge in [0, 0.05) is 17.9 Å². The first-order valence-electron chi connectivity index (χ1n) is 4.85. The quantitative estimate of drug-likeness (QED) is 0.378. The lowest BCUT2D eigenvalue weighted by Gasteiger charge is -2.06. The number of nitrogens with zero attached hydrogens (tertiary/aromatic N) is 1. The number of anilines is 2. The Morgan fingerprint density at radius 3 is 2.33 bits per heavy atom. The molecule has 6 N–H and O–H groups in total. The number of nitrogens with one attached hydrogen (secondary N) is 2. The van der Waals surface area contributed by atoms with Crippen LogP contribution in [0.3, 0.4) is 0 Å². The van der Waals surface area contributed by atoms with E-state index >= 15 is 0 Å². The number of carbonyl (C=O) groups excluding carboxylic acids is 1. The van der Waals surface area contributed by atoms with Gasteiger partial charge in [-0.2, -0.15) is 0 Å². The number of rotatable bonds is 2. The molecule has 0 radical (unpaired) electrons. The van der Waals surface area contributed by atoms with E-state index in [2.05, 4.69) is 15.6 Å². The maximum atomic E-state index is 11.4. The van der Waals surface area contributed by atoms with Crippen molar-refractivity contribution in [1.29, 1.82) is 0 Å². The highest BCUT2D eigenvalue weighted by Crippen LogP contribution is 2.09. The summed E-state index contributed by atoms with van der Waals surface area (Å²) in [5.41, 5.74) is 12.2. The first kappa shape index (κ1) is 18.7. The zero-order chi connectivity index (χ0) is 12.0. The lowest BCUT2D eigenvalue weighted by molar-refractivity contribution is 0.256. The SMILES string of the molecule is CCN=C(N)NC(=O)Nc1ccc(N)cc1.Cl.Cl. The predicted octanol–water partition coefficient (Wildman–Crippen LogP) is 1.57. The van der Waals surface area contributed by atoms with Crippen molar-refractivity contribution in [2.75, 3.05) is 17.6 Å². The number of nitrogens with two attached hydrogens (primary N) is 2. The number of carbonyl (C=O) groups is 1. The van der Waals surface area contributed by atoms with Crippen molar-refractivity contribution in [3.63, 3.8) is 0 Å². The molecule has 0 aliphatic carbocycles. The van der Waals surface area contributed by atoms with E-state index in [1.807, 2.05) is 6.92 Å². The molecule has 8 heteroatoms. The van der Waals surface area contributed by atoms with Crippen LogP contribution in [0, 0.1) is 0 Å². The second-order valence-electron chi connectivity index (χ2n) is 3.06. The first-order chi connectivity index (χ1) is 7.61. The molecule has 102 valence electrons. The molecule has 0 spiro atoms. The second-order valence-corrected chi connectivity index (χ2v) is 3.06. The van der Waals surface area contributed by atoms with Gasteiger partial charge in [-0.1, -0.05) is 0 Å². The van der Waals surface area contributed by atoms with Gasteiger partial charge >= 0.3 is 6.03 Å². The Bertz CT molecular complexity index is 394. The molecule has 0 saturated carbocycles. The molecule has 2 amide bonds. The fourth-order valence-corrected chi connectivity index (χ4v) is 1.05. The number of benzene rings is 1. The molecule has 0 bridgehead atoms. The van der Waals surface area contributed by atoms with Crippen molar-refractivity contribution in [1.82, 2.24) is 5.32 Å². The third kappa shape index (κ3) is 6.82. The minimum atomic E-state index is -0.431. The number of urea groups is 1. The van der Waals surface area contributed by atoms with Crippen LogP contribution in [0.1, 0.15) is 6.92 Å². The number of hydrogen-bond donors (Lipinski definition) is 4. The lowest BCUT2D eigenvalue weighted by Crippen LogP contribution is -2.39. The fourth-order valence-electron chi connectivity index (χ4n) is 1.05. The van der Waals surface area contributed by atoms with E-state index in [4.69, 9.17) is 11.5 Å². The summed E-state index contributed by atoms with van der Waals surface area (Å²) in [7, 11) is 0. The topological polar surface area (TPSA) is 106 Å². The van der Waals surface area contributed by atoms with Crippen molar-refractivity contribution in [3.05, 3.63) is 24.3 Å². The Labute approximate surface area is 118 Å². The van der Waals surface area contributed by atoms with Gasteiger partial charge in [-0.15, -0.1) is 24.8 Å². The number of aliphatic imine (C=N–C) groups is 1. The van der Waals surface area contributed by atoms with Gasteiger partial charge < -0.3 is 16.8 Å². The smallest absolute Gasteiger partial charge is 0.325 e. The molecule has 0 aromatic heterocycles. The summed E-state index contributed by atoms with van der Waals surface area (Å²) in [5.74, 6) is 0.0930. The highest BCUT2D eigenvalue weighted by molar-refractivity contribution is 6.01. The monoisotopic (exact) mass is 293 g/mol. The van der Waals surface area contributed by atoms with Crippen LogP contribution in [0.5, 0.6) is 0 Å². The maximum absolute atomic E-state index is 11.4. The predicted molar refractivity (Wildman–Crippen MR) is 79.7 cm³/mol. The van der Waals surface area contributed by atoms with Crippen LogP contribution in [0.15, 0.2) is 29.3 Å². The van der Waals surface area contributed by atoms with E-state index in [1.165, 1.54) is 0 Å². The van der Waals surface area contributed by atoms with Crippen LogP contribution in [0.2, 0.25) is 0 Å². The molecule has 0 heterocycles. The standard InChI is InChI=1S/C10H15N5O.2ClH/c1-2-13-9(12)15-10(16)14-8-5-3-7(11)4-6-8;;/h3-6H,2,11H2,1H3,(H4,12,13,14,15,16);2*1H. The van der Waals surface area contributed by atoms with E-state index in [9.17, 15) is 4.79 Å². The van der Waals surface area contributed by atoms with Crippen LogP contribution < -0.4 is 22.1 Å². The van der Waals surface area contributed by atoms with E-state index in [0.717, 1.165) is 0 Å². The minimum absolute atomic E-state index is 0. The van der Waals surface area contributed by atoms with E-state index < -0.39 is 6.03 Å². The lowest BCUT2D eigenvalue weighted by atomic mass is 10.3. The van der Waals surface area contributed by atoms with Crippen LogP contribution >= 0.6 is 24.8 Å². The molecule has 0 aliphatic heterocycles. The van der Waals surface area contributed by atoms with Crippen molar-refractivity contribution >= 4 is 48.2 Å². The average molecular weight is 294 g/mol. The summed E-state index contributed by atoms with van der Waals surface area (Å²) in [5, 5.41) is 4.98. The van der Waals surface area contributed by atoms with E-state index in [0.29, 0.717) is 17.9 Å². The molecule has 0 saturated heterocycles. The molecular weight excluding hydrogens is 277 g/mol. The average Bonchev–Trinajstić information content (AvgIpc) is 2.21. The van der Waals surface area contributed by atoms with Gasteiger partial charge in [-0.05, 0) is 31.2 Å². The van der Waals surface area contributed by atoms with Gasteiger partial charge in [0.15, 0.2) is 5.96 Å². The van der Waals surface area contributed by atoms with E-state index in [1.54, 1.807) is 24.3 Å². The minimum Gasteiger partial charge on any atom is -0.399 e. The van der Waals surface area contributed by atoms with Gasteiger partial charge in [0.1, 0.15) is 0 Å². The van der Waals surface area contributed by atoms with Gasteiger partial charge in [-0.3, -0.25) is 10.3 Å². The summed E-state index contributed by atoms with van der Waals surface area (Å²) in [6.07, 6.45) is 0. The van der Waals surface area contributed by atoms with Crippen molar-refractivity contribution in [2.24, 2.45) is 10.7 Å². The number of nitrogen functional groups attached to an aromatic ring is 1. The molecule has 0 aliphatic rings. The van der Waals surface area contributed by atoms with Crippen LogP contribution in [-0.4, -0.2) is 18.5 Å². The number of halogens is 2. The van der Waals surface area contributed by atoms with Crippen LogP contribution in [-0.2, 0) is 0 Å². The van der Waals surface area contributed by atoms with Crippen LogP contribution in [0.25, 0.3) is 0 Å². The Morgan fingerprint density at radius 2 is 1.83 bits per heavy atom. The molecule has 6 nitrogen and oxygen atoms in total. The fraction of sp³-hybridized carbons (Fsp3) is 0.200. The molecule has 18 heavy (non-hydrogen) atoms. The van der Waals surface area contributed by atoms with Gasteiger partial charge in [-0.25, -0.2) is 4.79 Å². The number of amides is 2. The molecule has 0 atom stereocenters. The van der Waals surface area contributed by atoms with Crippen molar-refractivity contribution < 1.29 is 4.79 Å². The van der Waals surface area contributed by atoms with Gasteiger partial charge in [0.05, 0.1) is 0 Å². The summed E-state index contributed by atoms with van der Waals surface area (Å²) in [6, 6.07) is 6.35. The Hall–Kier alpha value is -1.66. The van der Waals surface area contributed by atoms with Gasteiger partial charge in [0.2, 0.25) is 0 Å². The van der Waals surface area contributed by atoms with Crippen LogP contribution in [0.4, 0.5) is 16.2 Å². The molecule has 0 fully saturated rings. The molecular formula is C10H17Cl2N5O. The molecule has 1 aromatic carbocycles. The molecule has 1 aromatic rings.